The van der Waals surface area contributed by atoms with Gasteiger partial charge in [-0.3, -0.25) is 19.5 Å². The van der Waals surface area contributed by atoms with Gasteiger partial charge in [0.05, 0.1) is 4.47 Å². The number of ether oxygens (including phenoxy) is 1. The van der Waals surface area contributed by atoms with Crippen molar-refractivity contribution in [2.24, 2.45) is 5.73 Å². The Morgan fingerprint density at radius 1 is 1.25 bits per heavy atom. The number of aromatic hydroxyl groups is 1. The summed E-state index contributed by atoms with van der Waals surface area (Å²) in [4.78, 5) is 64.1. The average molecular weight is 566 g/mol. The van der Waals surface area contributed by atoms with Gasteiger partial charge in [-0.1, -0.05) is 0 Å². The van der Waals surface area contributed by atoms with Gasteiger partial charge in [-0.2, -0.15) is 4.98 Å². The minimum absolute atomic E-state index is 0.00443. The number of anilines is 1. The summed E-state index contributed by atoms with van der Waals surface area (Å²) in [5.74, 6) is -2.18. The van der Waals surface area contributed by atoms with Crippen LogP contribution in [0, 0.1) is 0 Å². The number of carboxylic acid groups (broad SMARTS) is 1. The number of nitrogens with one attached hydrogen (secondary N) is 1. The third-order valence-corrected chi connectivity index (χ3v) is 5.38. The maximum Gasteiger partial charge on any atom is 0.413 e. The number of carbonyl (C=O) groups is 3. The quantitative estimate of drug-likeness (QED) is 0.261. The van der Waals surface area contributed by atoms with Crippen molar-refractivity contribution in [3.05, 3.63) is 61.4 Å². The Bertz CT molecular complexity index is 1440. The van der Waals surface area contributed by atoms with Crippen LogP contribution in [0.3, 0.4) is 0 Å². The van der Waals surface area contributed by atoms with Crippen LogP contribution >= 0.6 is 15.9 Å². The van der Waals surface area contributed by atoms with E-state index >= 15 is 0 Å². The Kier molecular flexibility index (Phi) is 8.39. The Hall–Kier alpha value is -4.24. The van der Waals surface area contributed by atoms with E-state index in [2.05, 4.69) is 26.2 Å². The molecule has 2 amide bonds. The van der Waals surface area contributed by atoms with Crippen molar-refractivity contribution in [1.29, 1.82) is 0 Å². The molecule has 0 bridgehead atoms. The molecule has 2 aromatic heterocycles. The van der Waals surface area contributed by atoms with Crippen LogP contribution in [0.2, 0.25) is 0 Å². The zero-order valence-electron chi connectivity index (χ0n) is 18.5. The molecular formula is C21H20BrN5O9. The topological polar surface area (TPSA) is 207 Å². The molecule has 0 unspecified atom stereocenters. The highest BCUT2D eigenvalue weighted by Gasteiger charge is 2.18. The fourth-order valence-corrected chi connectivity index (χ4v) is 3.46. The molecule has 0 aliphatic carbocycles. The minimum Gasteiger partial charge on any atom is -0.507 e. The molecule has 0 aliphatic heterocycles. The van der Waals surface area contributed by atoms with Gasteiger partial charge in [-0.25, -0.2) is 14.4 Å². The smallest absolute Gasteiger partial charge is 0.413 e. The number of nitrogens with zero attached hydrogens (tertiary/aromatic N) is 3. The van der Waals surface area contributed by atoms with Gasteiger partial charge in [0.25, 0.3) is 0 Å². The molecule has 1 aromatic carbocycles. The van der Waals surface area contributed by atoms with E-state index in [1.807, 2.05) is 0 Å². The number of halogens is 1. The maximum absolute atomic E-state index is 12.3. The summed E-state index contributed by atoms with van der Waals surface area (Å²) in [6.45, 7) is -1.34. The second kappa shape index (κ2) is 11.5. The number of nitrogens with two attached hydrogens (primary N) is 1. The second-order valence-corrected chi connectivity index (χ2v) is 8.17. The van der Waals surface area contributed by atoms with Crippen molar-refractivity contribution >= 4 is 50.7 Å². The van der Waals surface area contributed by atoms with Gasteiger partial charge in [0.2, 0.25) is 5.91 Å². The first kappa shape index (κ1) is 26.4. The summed E-state index contributed by atoms with van der Waals surface area (Å²) in [6.07, 6.45) is 0.218. The molecule has 36 heavy (non-hydrogen) atoms. The Morgan fingerprint density at radius 3 is 2.67 bits per heavy atom. The van der Waals surface area contributed by atoms with Gasteiger partial charge >= 0.3 is 23.4 Å². The monoisotopic (exact) mass is 565 g/mol. The van der Waals surface area contributed by atoms with Gasteiger partial charge in [-0.15, -0.1) is 0 Å². The highest BCUT2D eigenvalue weighted by molar-refractivity contribution is 9.10. The molecule has 3 rings (SSSR count). The van der Waals surface area contributed by atoms with Gasteiger partial charge < -0.3 is 30.0 Å². The van der Waals surface area contributed by atoms with Crippen molar-refractivity contribution in [3.8, 4) is 5.75 Å². The molecule has 0 saturated carbocycles. The van der Waals surface area contributed by atoms with Crippen molar-refractivity contribution in [2.45, 2.75) is 13.2 Å². The molecule has 0 aliphatic rings. The molecule has 0 spiro atoms. The van der Waals surface area contributed by atoms with Crippen LogP contribution in [0.1, 0.15) is 5.56 Å². The van der Waals surface area contributed by atoms with E-state index in [0.717, 1.165) is 15.5 Å². The number of carboxylic acids is 1. The number of aromatic nitrogens is 2. The first-order valence-corrected chi connectivity index (χ1v) is 11.0. The summed E-state index contributed by atoms with van der Waals surface area (Å²) in [6, 6.07) is 5.11. The maximum atomic E-state index is 12.3. The lowest BCUT2D eigenvalue weighted by Crippen LogP contribution is -2.42. The zero-order chi connectivity index (χ0) is 26.4. The van der Waals surface area contributed by atoms with E-state index in [0.29, 0.717) is 15.4 Å². The molecule has 0 atom stereocenters. The lowest BCUT2D eigenvalue weighted by atomic mass is 10.1. The van der Waals surface area contributed by atoms with Crippen LogP contribution in [0.4, 0.5) is 10.6 Å². The summed E-state index contributed by atoms with van der Waals surface area (Å²) >= 11 is 3.16. The normalized spacial score (nSPS) is 10.7. The summed E-state index contributed by atoms with van der Waals surface area (Å²) in [5.41, 5.74) is 4.20. The van der Waals surface area contributed by atoms with Gasteiger partial charge in [-0.05, 0) is 28.1 Å². The molecule has 0 radical (unpaired) electrons. The molecule has 190 valence electrons. The van der Waals surface area contributed by atoms with Crippen LogP contribution in [0.25, 0.3) is 11.0 Å². The molecule has 14 nitrogen and oxygen atoms in total. The highest BCUT2D eigenvalue weighted by atomic mass is 79.9. The molecule has 2 heterocycles. The van der Waals surface area contributed by atoms with Crippen molar-refractivity contribution in [2.75, 3.05) is 25.0 Å². The number of aliphatic carboxylic acids is 1. The number of hydrogen-bond acceptors (Lipinski definition) is 10. The Balaban J connectivity index is 1.66. The number of phenolic OH excluding ortho intramolecular Hbond substituents is 1. The third-order valence-electron chi connectivity index (χ3n) is 4.74. The van der Waals surface area contributed by atoms with Crippen LogP contribution in [0.15, 0.2) is 48.9 Å². The largest absolute Gasteiger partial charge is 0.507 e. The van der Waals surface area contributed by atoms with E-state index in [9.17, 15) is 29.1 Å². The fraction of sp³-hybridized carbons (Fsp3) is 0.238. The first-order chi connectivity index (χ1) is 17.1. The van der Waals surface area contributed by atoms with E-state index in [-0.39, 0.29) is 36.8 Å². The second-order valence-electron chi connectivity index (χ2n) is 7.31. The van der Waals surface area contributed by atoms with E-state index in [1.54, 1.807) is 0 Å². The summed E-state index contributed by atoms with van der Waals surface area (Å²) in [7, 11) is 0. The number of phenols is 1. The van der Waals surface area contributed by atoms with E-state index in [1.165, 1.54) is 24.4 Å². The minimum atomic E-state index is -1.23. The van der Waals surface area contributed by atoms with E-state index < -0.39 is 42.4 Å². The number of rotatable bonds is 9. The van der Waals surface area contributed by atoms with E-state index in [4.69, 9.17) is 20.0 Å². The number of hydrogen-bond donors (Lipinski definition) is 4. The number of carbonyl (C=O) groups excluding carboxylic acids is 2. The molecule has 0 saturated heterocycles. The SMILES string of the molecule is NCCN(CC(=O)O)C(=O)Cn1ccc(NC(=O)OCc2cc(=O)oc3cc(O)c(Br)cc23)nc1=O. The summed E-state index contributed by atoms with van der Waals surface area (Å²) in [5, 5.41) is 21.4. The summed E-state index contributed by atoms with van der Waals surface area (Å²) < 4.78 is 11.4. The van der Waals surface area contributed by atoms with Crippen LogP contribution < -0.4 is 22.4 Å². The molecule has 15 heteroatoms. The van der Waals surface area contributed by atoms with Crippen molar-refractivity contribution < 1.29 is 33.8 Å². The Labute approximate surface area is 210 Å². The lowest BCUT2D eigenvalue weighted by molar-refractivity contribution is -0.144. The standard InChI is InChI=1S/C21H20BrN5O9/c22-13-6-12-11(5-19(32)36-15(12)7-14(13)28)10-35-21(34)25-16-1-3-27(20(33)24-16)8-17(29)26(4-2-23)9-18(30)31/h1,3,5-7,28H,2,4,8-10,23H2,(H,30,31)(H,24,25,33,34). The highest BCUT2D eigenvalue weighted by Crippen LogP contribution is 2.30. The van der Waals surface area contributed by atoms with Gasteiger partial charge in [0, 0.05) is 42.4 Å². The average Bonchev–Trinajstić information content (AvgIpc) is 2.80. The molecule has 5 N–H and O–H groups in total. The number of fused-ring (bicyclic) bond motifs is 1. The van der Waals surface area contributed by atoms with Crippen molar-refractivity contribution in [1.82, 2.24) is 14.5 Å². The predicted molar refractivity (Wildman–Crippen MR) is 127 cm³/mol. The number of amides is 2. The van der Waals surface area contributed by atoms with Crippen LogP contribution in [-0.4, -0.2) is 62.3 Å². The predicted octanol–water partition coefficient (Wildman–Crippen LogP) is 0.438. The molecule has 3 aromatic rings. The number of benzene rings is 1. The van der Waals surface area contributed by atoms with Crippen molar-refractivity contribution in [3.63, 3.8) is 0 Å². The molecule has 0 fully saturated rings. The lowest BCUT2D eigenvalue weighted by Gasteiger charge is -2.20. The van der Waals surface area contributed by atoms with Gasteiger partial charge in [0.1, 0.15) is 36.8 Å². The Morgan fingerprint density at radius 2 is 2.00 bits per heavy atom. The fourth-order valence-electron chi connectivity index (χ4n) is 3.11. The zero-order valence-corrected chi connectivity index (χ0v) is 20.1. The van der Waals surface area contributed by atoms with Crippen LogP contribution in [0.5, 0.6) is 5.75 Å². The third kappa shape index (κ3) is 6.67. The van der Waals surface area contributed by atoms with Crippen LogP contribution in [-0.2, 0) is 27.5 Å². The van der Waals surface area contributed by atoms with Gasteiger partial charge in [0.15, 0.2) is 0 Å². The first-order valence-electron chi connectivity index (χ1n) is 10.2. The molecular weight excluding hydrogens is 546 g/mol.